The molecule has 1 saturated heterocycles. The van der Waals surface area contributed by atoms with Crippen molar-refractivity contribution in [1.29, 1.82) is 0 Å². The zero-order valence-corrected chi connectivity index (χ0v) is 20.7. The van der Waals surface area contributed by atoms with Crippen molar-refractivity contribution in [3.63, 3.8) is 0 Å². The van der Waals surface area contributed by atoms with E-state index < -0.39 is 0 Å². The molecular weight excluding hydrogens is 487 g/mol. The molecule has 3 aromatic rings. The number of carbonyl (C=O) groups excluding carboxylic acids is 2. The van der Waals surface area contributed by atoms with Crippen molar-refractivity contribution in [1.82, 2.24) is 9.47 Å². The van der Waals surface area contributed by atoms with E-state index in [1.54, 1.807) is 24.3 Å². The van der Waals surface area contributed by atoms with E-state index in [-0.39, 0.29) is 17.7 Å². The minimum atomic E-state index is -0.325. The second kappa shape index (κ2) is 8.99. The Hall–Kier alpha value is -2.18. The maximum absolute atomic E-state index is 13.0. The first-order valence-corrected chi connectivity index (χ1v) is 11.8. The van der Waals surface area contributed by atoms with E-state index in [2.05, 4.69) is 4.57 Å². The third-order valence-electron chi connectivity index (χ3n) is 5.37. The highest BCUT2D eigenvalue weighted by atomic mass is 35.5. The highest BCUT2D eigenvalue weighted by Crippen LogP contribution is 2.35. The summed E-state index contributed by atoms with van der Waals surface area (Å²) in [4.78, 5) is 27.1. The molecule has 1 fully saturated rings. The van der Waals surface area contributed by atoms with Crippen molar-refractivity contribution >= 4 is 63.8 Å². The largest absolute Gasteiger partial charge is 0.318 e. The van der Waals surface area contributed by atoms with Crippen LogP contribution in [0.5, 0.6) is 0 Å². The molecule has 0 radical (unpaired) electrons. The first kappa shape index (κ1) is 23.0. The molecule has 0 atom stereocenters. The van der Waals surface area contributed by atoms with E-state index in [1.807, 2.05) is 45.0 Å². The lowest BCUT2D eigenvalue weighted by atomic mass is 10.2. The fraction of sp³-hybridized carbons (Fsp3) is 0.167. The predicted molar refractivity (Wildman–Crippen MR) is 133 cm³/mol. The highest BCUT2D eigenvalue weighted by molar-refractivity contribution is 8.18. The molecule has 1 aromatic heterocycles. The molecule has 1 aliphatic heterocycles. The van der Waals surface area contributed by atoms with Crippen LogP contribution in [0.2, 0.25) is 15.1 Å². The van der Waals surface area contributed by atoms with Crippen LogP contribution >= 0.6 is 46.6 Å². The molecule has 0 saturated carbocycles. The van der Waals surface area contributed by atoms with Gasteiger partial charge in [-0.25, -0.2) is 0 Å². The second-order valence-electron chi connectivity index (χ2n) is 7.61. The van der Waals surface area contributed by atoms with Crippen LogP contribution in [-0.4, -0.2) is 20.6 Å². The van der Waals surface area contributed by atoms with Crippen LogP contribution in [0.25, 0.3) is 11.8 Å². The van der Waals surface area contributed by atoms with Crippen LogP contribution in [0, 0.1) is 20.8 Å². The van der Waals surface area contributed by atoms with Gasteiger partial charge in [0, 0.05) is 22.1 Å². The van der Waals surface area contributed by atoms with Crippen LogP contribution in [0.4, 0.5) is 4.79 Å². The van der Waals surface area contributed by atoms with Crippen LogP contribution in [0.15, 0.2) is 47.4 Å². The number of aromatic nitrogens is 1. The number of halogens is 3. The Morgan fingerprint density at radius 3 is 2.34 bits per heavy atom. The van der Waals surface area contributed by atoms with Gasteiger partial charge in [-0.3, -0.25) is 14.5 Å². The molecule has 0 N–H and O–H groups in total. The Labute approximate surface area is 205 Å². The molecule has 164 valence electrons. The normalized spacial score (nSPS) is 15.3. The van der Waals surface area contributed by atoms with Crippen molar-refractivity contribution < 1.29 is 9.59 Å². The van der Waals surface area contributed by atoms with E-state index in [4.69, 9.17) is 34.8 Å². The van der Waals surface area contributed by atoms with Gasteiger partial charge >= 0.3 is 0 Å². The molecule has 4 rings (SSSR count). The third kappa shape index (κ3) is 4.35. The van der Waals surface area contributed by atoms with Crippen molar-refractivity contribution in [3.05, 3.63) is 90.5 Å². The van der Waals surface area contributed by atoms with E-state index in [0.29, 0.717) is 20.0 Å². The average Bonchev–Trinajstić information content (AvgIpc) is 3.16. The maximum Gasteiger partial charge on any atom is 0.293 e. The fourth-order valence-electron chi connectivity index (χ4n) is 3.65. The molecule has 0 unspecified atom stereocenters. The number of carbonyl (C=O) groups is 2. The molecule has 1 aliphatic rings. The van der Waals surface area contributed by atoms with Gasteiger partial charge in [0.15, 0.2) is 0 Å². The van der Waals surface area contributed by atoms with Crippen molar-refractivity contribution in [2.75, 3.05) is 0 Å². The standard InChI is InChI=1S/C24H19Cl3N2O2S/c1-13-4-6-18(11-20(13)26)29-14(2)8-17(15(29)3)10-22-23(30)28(24(31)32-22)12-16-5-7-19(25)21(27)9-16/h4-11H,12H2,1-3H3/b22-10-. The molecular formula is C24H19Cl3N2O2S. The molecule has 8 heteroatoms. The van der Waals surface area contributed by atoms with Gasteiger partial charge in [0.1, 0.15) is 0 Å². The van der Waals surface area contributed by atoms with Gasteiger partial charge in [-0.1, -0.05) is 46.9 Å². The third-order valence-corrected chi connectivity index (χ3v) is 7.42. The first-order chi connectivity index (χ1) is 15.2. The number of hydrogen-bond acceptors (Lipinski definition) is 3. The Kier molecular flexibility index (Phi) is 6.46. The van der Waals surface area contributed by atoms with Crippen molar-refractivity contribution in [3.8, 4) is 5.69 Å². The molecule has 2 aromatic carbocycles. The highest BCUT2D eigenvalue weighted by Gasteiger charge is 2.35. The SMILES string of the molecule is Cc1ccc(-n2c(C)cc(/C=C3\SC(=O)N(Cc4ccc(Cl)c(Cl)c4)C3=O)c2C)cc1Cl. The molecule has 4 nitrogen and oxygen atoms in total. The van der Waals surface area contributed by atoms with Gasteiger partial charge in [0.2, 0.25) is 0 Å². The topological polar surface area (TPSA) is 42.3 Å². The minimum Gasteiger partial charge on any atom is -0.318 e. The number of hydrogen-bond donors (Lipinski definition) is 0. The fourth-order valence-corrected chi connectivity index (χ4v) is 4.97. The number of rotatable bonds is 4. The summed E-state index contributed by atoms with van der Waals surface area (Å²) >= 11 is 19.3. The molecule has 2 amide bonds. The second-order valence-corrected chi connectivity index (χ2v) is 9.83. The van der Waals surface area contributed by atoms with Crippen molar-refractivity contribution in [2.24, 2.45) is 0 Å². The number of nitrogens with zero attached hydrogens (tertiary/aromatic N) is 2. The summed E-state index contributed by atoms with van der Waals surface area (Å²) in [5.41, 5.74) is 5.52. The lowest BCUT2D eigenvalue weighted by Crippen LogP contribution is -2.27. The molecule has 0 bridgehead atoms. The predicted octanol–water partition coefficient (Wildman–Crippen LogP) is 7.60. The summed E-state index contributed by atoms with van der Waals surface area (Å²) in [6, 6.07) is 13.0. The summed E-state index contributed by atoms with van der Waals surface area (Å²) in [5.74, 6) is -0.325. The van der Waals surface area contributed by atoms with E-state index in [9.17, 15) is 9.59 Å². The zero-order valence-electron chi connectivity index (χ0n) is 17.6. The van der Waals surface area contributed by atoms with Crippen LogP contribution in [0.1, 0.15) is 28.1 Å². The van der Waals surface area contributed by atoms with E-state index in [1.165, 1.54) is 4.90 Å². The smallest absolute Gasteiger partial charge is 0.293 e. The van der Waals surface area contributed by atoms with Gasteiger partial charge in [-0.15, -0.1) is 0 Å². The summed E-state index contributed by atoms with van der Waals surface area (Å²) < 4.78 is 2.08. The number of benzene rings is 2. The van der Waals surface area contributed by atoms with Crippen LogP contribution in [0.3, 0.4) is 0 Å². The van der Waals surface area contributed by atoms with Gasteiger partial charge in [-0.2, -0.15) is 0 Å². The summed E-state index contributed by atoms with van der Waals surface area (Å²) in [6.07, 6.45) is 1.77. The van der Waals surface area contributed by atoms with Gasteiger partial charge in [-0.05, 0) is 85.6 Å². The lowest BCUT2D eigenvalue weighted by Gasteiger charge is -2.13. The zero-order chi connectivity index (χ0) is 23.2. The van der Waals surface area contributed by atoms with Crippen LogP contribution in [-0.2, 0) is 11.3 Å². The van der Waals surface area contributed by atoms with Crippen LogP contribution < -0.4 is 0 Å². The number of imide groups is 1. The van der Waals surface area contributed by atoms with Gasteiger partial charge in [0.25, 0.3) is 11.1 Å². The maximum atomic E-state index is 13.0. The average molecular weight is 506 g/mol. The molecule has 2 heterocycles. The van der Waals surface area contributed by atoms with E-state index in [0.717, 1.165) is 45.5 Å². The minimum absolute atomic E-state index is 0.139. The summed E-state index contributed by atoms with van der Waals surface area (Å²) in [7, 11) is 0. The Morgan fingerprint density at radius 2 is 1.66 bits per heavy atom. The number of aryl methyl sites for hydroxylation is 2. The Balaban J connectivity index is 1.63. The van der Waals surface area contributed by atoms with Gasteiger partial charge < -0.3 is 4.57 Å². The summed E-state index contributed by atoms with van der Waals surface area (Å²) in [5, 5.41) is 1.19. The quantitative estimate of drug-likeness (QED) is 0.343. The number of thioether (sulfide) groups is 1. The Morgan fingerprint density at radius 1 is 0.906 bits per heavy atom. The number of amides is 2. The Bertz CT molecular complexity index is 1300. The van der Waals surface area contributed by atoms with E-state index >= 15 is 0 Å². The monoisotopic (exact) mass is 504 g/mol. The summed E-state index contributed by atoms with van der Waals surface area (Å²) in [6.45, 7) is 6.07. The lowest BCUT2D eigenvalue weighted by molar-refractivity contribution is -0.123. The molecule has 0 spiro atoms. The van der Waals surface area contributed by atoms with Gasteiger partial charge in [0.05, 0.1) is 21.5 Å². The van der Waals surface area contributed by atoms with Crippen molar-refractivity contribution in [2.45, 2.75) is 27.3 Å². The first-order valence-electron chi connectivity index (χ1n) is 9.80. The molecule has 32 heavy (non-hydrogen) atoms. The molecule has 0 aliphatic carbocycles.